The largest absolute Gasteiger partial charge is 0.388 e. The van der Waals surface area contributed by atoms with Crippen molar-refractivity contribution in [3.05, 3.63) is 62.6 Å². The number of rotatable bonds is 4. The van der Waals surface area contributed by atoms with Gasteiger partial charge in [0.2, 0.25) is 0 Å². The molecule has 3 nitrogen and oxygen atoms in total. The first kappa shape index (κ1) is 14.4. The maximum absolute atomic E-state index is 13.0. The topological polar surface area (TPSA) is 48.9 Å². The van der Waals surface area contributed by atoms with Gasteiger partial charge >= 0.3 is 0 Å². The van der Waals surface area contributed by atoms with Crippen LogP contribution in [0, 0.1) is 5.82 Å². The van der Waals surface area contributed by atoms with Crippen LogP contribution in [-0.4, -0.2) is 15.3 Å². The zero-order valence-electron chi connectivity index (χ0n) is 10.9. The van der Waals surface area contributed by atoms with Crippen molar-refractivity contribution in [2.24, 2.45) is 0 Å². The Morgan fingerprint density at radius 1 is 1.33 bits per heavy atom. The van der Waals surface area contributed by atoms with Crippen LogP contribution in [0.2, 0.25) is 0 Å². The number of benzene rings is 1. The van der Waals surface area contributed by atoms with Crippen molar-refractivity contribution in [1.29, 1.82) is 0 Å². The summed E-state index contributed by atoms with van der Waals surface area (Å²) >= 11 is 5.00. The van der Waals surface area contributed by atoms with Gasteiger partial charge in [0.25, 0.3) is 0 Å². The molecule has 0 saturated heterocycles. The van der Waals surface area contributed by atoms with Crippen LogP contribution in [0.25, 0.3) is 11.3 Å². The molecule has 1 unspecified atom stereocenters. The molecule has 21 heavy (non-hydrogen) atoms. The van der Waals surface area contributed by atoms with Crippen LogP contribution in [-0.2, 0) is 6.42 Å². The lowest BCUT2D eigenvalue weighted by molar-refractivity contribution is 0.180. The summed E-state index contributed by atoms with van der Waals surface area (Å²) in [5, 5.41) is 19.3. The lowest BCUT2D eigenvalue weighted by Gasteiger charge is -2.10. The van der Waals surface area contributed by atoms with E-state index in [0.29, 0.717) is 12.0 Å². The number of nitrogens with one attached hydrogen (secondary N) is 1. The standard InChI is InChI=1S/C15H12BrFN2OS/c16-10-5-12(21-8-10)6-14(20)13-7-18-19-15(13)9-1-3-11(17)4-2-9/h1-5,7-8,14,20H,6H2,(H,18,19). The summed E-state index contributed by atoms with van der Waals surface area (Å²) < 4.78 is 14.0. The summed E-state index contributed by atoms with van der Waals surface area (Å²) in [6.45, 7) is 0. The van der Waals surface area contributed by atoms with Crippen molar-refractivity contribution in [3.8, 4) is 11.3 Å². The molecule has 3 rings (SSSR count). The van der Waals surface area contributed by atoms with E-state index in [1.807, 2.05) is 11.4 Å². The van der Waals surface area contributed by atoms with E-state index in [1.54, 1.807) is 29.7 Å². The lowest BCUT2D eigenvalue weighted by atomic mass is 10.0. The molecule has 0 aliphatic heterocycles. The molecule has 1 aromatic carbocycles. The number of hydrogen-bond acceptors (Lipinski definition) is 3. The second kappa shape index (κ2) is 6.09. The fourth-order valence-electron chi connectivity index (χ4n) is 2.16. The van der Waals surface area contributed by atoms with E-state index in [9.17, 15) is 9.50 Å². The van der Waals surface area contributed by atoms with Crippen molar-refractivity contribution in [1.82, 2.24) is 10.2 Å². The third kappa shape index (κ3) is 3.23. The average molecular weight is 367 g/mol. The summed E-state index contributed by atoms with van der Waals surface area (Å²) in [5.41, 5.74) is 2.24. The zero-order chi connectivity index (χ0) is 14.8. The van der Waals surface area contributed by atoms with Crippen LogP contribution in [0.1, 0.15) is 16.5 Å². The van der Waals surface area contributed by atoms with Crippen molar-refractivity contribution in [2.75, 3.05) is 0 Å². The number of H-pyrrole nitrogens is 1. The van der Waals surface area contributed by atoms with Crippen LogP contribution in [0.3, 0.4) is 0 Å². The highest BCUT2D eigenvalue weighted by Crippen LogP contribution is 2.30. The van der Waals surface area contributed by atoms with Crippen LogP contribution in [0.5, 0.6) is 0 Å². The molecule has 0 bridgehead atoms. The number of halogens is 2. The number of aromatic amines is 1. The average Bonchev–Trinajstić information content (AvgIpc) is 3.09. The number of thiophene rings is 1. The number of aromatic nitrogens is 2. The molecule has 2 aromatic heterocycles. The Kier molecular flexibility index (Phi) is 4.19. The Hall–Kier alpha value is -1.50. The summed E-state index contributed by atoms with van der Waals surface area (Å²) in [6, 6.07) is 8.11. The van der Waals surface area contributed by atoms with Gasteiger partial charge < -0.3 is 5.11 Å². The summed E-state index contributed by atoms with van der Waals surface area (Å²) in [5.74, 6) is -0.288. The second-order valence-corrected chi connectivity index (χ2v) is 6.57. The van der Waals surface area contributed by atoms with E-state index < -0.39 is 6.10 Å². The van der Waals surface area contributed by atoms with Gasteiger partial charge in [0.05, 0.1) is 18.0 Å². The lowest BCUT2D eigenvalue weighted by Crippen LogP contribution is -2.01. The molecule has 0 aliphatic rings. The Labute approximate surface area is 133 Å². The quantitative estimate of drug-likeness (QED) is 0.722. The van der Waals surface area contributed by atoms with Crippen molar-refractivity contribution in [3.63, 3.8) is 0 Å². The number of nitrogens with zero attached hydrogens (tertiary/aromatic N) is 1. The Balaban J connectivity index is 1.86. The van der Waals surface area contributed by atoms with Crippen LogP contribution < -0.4 is 0 Å². The van der Waals surface area contributed by atoms with E-state index in [-0.39, 0.29) is 5.82 Å². The molecule has 0 fully saturated rings. The fraction of sp³-hybridized carbons (Fsp3) is 0.133. The van der Waals surface area contributed by atoms with Gasteiger partial charge in [-0.05, 0) is 46.3 Å². The molecule has 2 heterocycles. The van der Waals surface area contributed by atoms with Crippen molar-refractivity contribution < 1.29 is 9.50 Å². The molecule has 2 N–H and O–H groups in total. The molecule has 0 aliphatic carbocycles. The molecule has 0 amide bonds. The van der Waals surface area contributed by atoms with Gasteiger partial charge in [-0.2, -0.15) is 5.10 Å². The first-order valence-electron chi connectivity index (χ1n) is 6.33. The minimum absolute atomic E-state index is 0.288. The SMILES string of the molecule is OC(Cc1cc(Br)cs1)c1cn[nH]c1-c1ccc(F)cc1. The maximum atomic E-state index is 13.0. The minimum atomic E-state index is -0.658. The summed E-state index contributed by atoms with van der Waals surface area (Å²) in [7, 11) is 0. The molecule has 1 atom stereocenters. The van der Waals surface area contributed by atoms with Gasteiger partial charge in [-0.1, -0.05) is 0 Å². The third-order valence-corrected chi connectivity index (χ3v) is 4.90. The zero-order valence-corrected chi connectivity index (χ0v) is 13.3. The molecular weight excluding hydrogens is 355 g/mol. The van der Waals surface area contributed by atoms with E-state index in [1.165, 1.54) is 12.1 Å². The van der Waals surface area contributed by atoms with Crippen molar-refractivity contribution in [2.45, 2.75) is 12.5 Å². The van der Waals surface area contributed by atoms with Gasteiger partial charge in [0.1, 0.15) is 5.82 Å². The second-order valence-electron chi connectivity index (χ2n) is 4.66. The van der Waals surface area contributed by atoms with Gasteiger partial charge in [-0.3, -0.25) is 5.10 Å². The third-order valence-electron chi connectivity index (χ3n) is 3.18. The van der Waals surface area contributed by atoms with E-state index in [0.717, 1.165) is 20.6 Å². The van der Waals surface area contributed by atoms with Crippen LogP contribution in [0.15, 0.2) is 46.4 Å². The first-order valence-corrected chi connectivity index (χ1v) is 8.01. The predicted molar refractivity (Wildman–Crippen MR) is 84.7 cm³/mol. The fourth-order valence-corrected chi connectivity index (χ4v) is 3.65. The summed E-state index contributed by atoms with van der Waals surface area (Å²) in [6.07, 6.45) is 1.48. The van der Waals surface area contributed by atoms with Gasteiger partial charge in [-0.15, -0.1) is 11.3 Å². The molecule has 6 heteroatoms. The van der Waals surface area contributed by atoms with Crippen LogP contribution in [0.4, 0.5) is 4.39 Å². The van der Waals surface area contributed by atoms with E-state index in [4.69, 9.17) is 0 Å². The van der Waals surface area contributed by atoms with Gasteiger partial charge in [0.15, 0.2) is 0 Å². The monoisotopic (exact) mass is 366 g/mol. The normalized spacial score (nSPS) is 12.5. The molecule has 0 saturated carbocycles. The van der Waals surface area contributed by atoms with Crippen LogP contribution >= 0.6 is 27.3 Å². The number of aliphatic hydroxyl groups is 1. The highest BCUT2D eigenvalue weighted by Gasteiger charge is 2.17. The Bertz CT molecular complexity index is 738. The molecule has 3 aromatic rings. The van der Waals surface area contributed by atoms with E-state index >= 15 is 0 Å². The molecule has 0 spiro atoms. The van der Waals surface area contributed by atoms with Crippen molar-refractivity contribution >= 4 is 27.3 Å². The molecule has 108 valence electrons. The first-order chi connectivity index (χ1) is 10.1. The molecular formula is C15H12BrFN2OS. The number of hydrogen-bond donors (Lipinski definition) is 2. The smallest absolute Gasteiger partial charge is 0.123 e. The Morgan fingerprint density at radius 3 is 2.76 bits per heavy atom. The Morgan fingerprint density at radius 2 is 2.10 bits per heavy atom. The van der Waals surface area contributed by atoms with E-state index in [2.05, 4.69) is 26.1 Å². The number of aliphatic hydroxyl groups excluding tert-OH is 1. The highest BCUT2D eigenvalue weighted by molar-refractivity contribution is 9.10. The van der Waals surface area contributed by atoms with Gasteiger partial charge in [0, 0.05) is 32.3 Å². The summed E-state index contributed by atoms with van der Waals surface area (Å²) in [4.78, 5) is 1.08. The maximum Gasteiger partial charge on any atom is 0.123 e. The highest BCUT2D eigenvalue weighted by atomic mass is 79.9. The van der Waals surface area contributed by atoms with Gasteiger partial charge in [-0.25, -0.2) is 4.39 Å². The molecule has 0 radical (unpaired) electrons. The minimum Gasteiger partial charge on any atom is -0.388 e. The predicted octanol–water partition coefficient (Wildman–Crippen LogP) is 4.32.